The zero-order valence-corrected chi connectivity index (χ0v) is 17.4. The van der Waals surface area contributed by atoms with Gasteiger partial charge in [-0.15, -0.1) is 0 Å². The molecule has 0 aromatic heterocycles. The van der Waals surface area contributed by atoms with Crippen LogP contribution in [0.25, 0.3) is 0 Å². The van der Waals surface area contributed by atoms with Gasteiger partial charge in [0, 0.05) is 43.7 Å². The molecule has 28 heavy (non-hydrogen) atoms. The monoisotopic (exact) mass is 408 g/mol. The maximum atomic E-state index is 12.1. The quantitative estimate of drug-likeness (QED) is 0.448. The van der Waals surface area contributed by atoms with Crippen molar-refractivity contribution in [2.24, 2.45) is 33.5 Å². The number of thioether (sulfide) groups is 1. The van der Waals surface area contributed by atoms with Crippen LogP contribution in [0.4, 0.5) is 4.79 Å². The van der Waals surface area contributed by atoms with Crippen molar-refractivity contribution >= 4 is 36.3 Å². The minimum absolute atomic E-state index is 0.0580. The number of amides is 3. The zero-order valence-electron chi connectivity index (χ0n) is 16.6. The van der Waals surface area contributed by atoms with E-state index in [0.29, 0.717) is 29.6 Å². The maximum absolute atomic E-state index is 12.1. The van der Waals surface area contributed by atoms with Gasteiger partial charge in [-0.2, -0.15) is 5.43 Å². The summed E-state index contributed by atoms with van der Waals surface area (Å²) in [6.45, 7) is 10.5. The van der Waals surface area contributed by atoms with Gasteiger partial charge < -0.3 is 15.5 Å². The first-order chi connectivity index (χ1) is 13.4. The summed E-state index contributed by atoms with van der Waals surface area (Å²) >= 11 is 1.42. The topological polar surface area (TPSA) is 131 Å². The van der Waals surface area contributed by atoms with Gasteiger partial charge in [-0.05, 0) is 19.1 Å². The summed E-state index contributed by atoms with van der Waals surface area (Å²) in [6.07, 6.45) is 2.07. The predicted molar refractivity (Wildman–Crippen MR) is 110 cm³/mol. The molecule has 0 aliphatic carbocycles. The minimum Gasteiger partial charge on any atom is -0.401 e. The zero-order chi connectivity index (χ0) is 20.4. The SMILES string of the molecule is C=NC(=O)C1=C(N)C2C(N=C(N3CCN(C(=O)N[NH3+])CC3)C(C)C2CCC)S1. The first-order valence-corrected chi connectivity index (χ1v) is 10.6. The lowest BCUT2D eigenvalue weighted by Crippen LogP contribution is -2.71. The molecule has 0 radical (unpaired) electrons. The van der Waals surface area contributed by atoms with E-state index < -0.39 is 0 Å². The number of carbonyl (C=O) groups is 2. The highest BCUT2D eigenvalue weighted by Crippen LogP contribution is 2.50. The Morgan fingerprint density at radius 1 is 1.39 bits per heavy atom. The van der Waals surface area contributed by atoms with Crippen LogP contribution in [0.15, 0.2) is 20.6 Å². The molecule has 0 aromatic rings. The Labute approximate surface area is 169 Å². The van der Waals surface area contributed by atoms with Crippen LogP contribution in [0.2, 0.25) is 0 Å². The third kappa shape index (κ3) is 3.62. The summed E-state index contributed by atoms with van der Waals surface area (Å²) in [7, 11) is 0. The summed E-state index contributed by atoms with van der Waals surface area (Å²) < 4.78 is 0. The number of aliphatic imine (C=N–C) groups is 2. The molecule has 3 heterocycles. The first-order valence-electron chi connectivity index (χ1n) is 9.74. The fourth-order valence-corrected chi connectivity index (χ4v) is 5.83. The molecule has 6 N–H and O–H groups in total. The number of carbonyl (C=O) groups excluding carboxylic acids is 2. The smallest absolute Gasteiger partial charge is 0.361 e. The van der Waals surface area contributed by atoms with Crippen LogP contribution in [0.3, 0.4) is 0 Å². The van der Waals surface area contributed by atoms with E-state index in [1.54, 1.807) is 4.90 Å². The van der Waals surface area contributed by atoms with Gasteiger partial charge in [0.1, 0.15) is 11.2 Å². The van der Waals surface area contributed by atoms with E-state index in [1.165, 1.54) is 11.8 Å². The molecule has 0 spiro atoms. The third-order valence-electron chi connectivity index (χ3n) is 5.94. The molecule has 4 atom stereocenters. The summed E-state index contributed by atoms with van der Waals surface area (Å²) in [5.41, 5.74) is 9.45. The van der Waals surface area contributed by atoms with Crippen LogP contribution in [0.5, 0.6) is 0 Å². The maximum Gasteiger partial charge on any atom is 0.361 e. The van der Waals surface area contributed by atoms with Gasteiger partial charge in [0.25, 0.3) is 5.91 Å². The van der Waals surface area contributed by atoms with Crippen LogP contribution in [-0.2, 0) is 4.79 Å². The van der Waals surface area contributed by atoms with E-state index in [2.05, 4.69) is 41.7 Å². The van der Waals surface area contributed by atoms with E-state index in [9.17, 15) is 9.59 Å². The number of piperazine rings is 1. The lowest BCUT2D eigenvalue weighted by atomic mass is 9.75. The highest BCUT2D eigenvalue weighted by atomic mass is 32.2. The molecule has 0 aromatic carbocycles. The molecule has 3 aliphatic rings. The lowest BCUT2D eigenvalue weighted by Gasteiger charge is -2.44. The molecule has 3 aliphatic heterocycles. The Hall–Kier alpha value is -2.07. The number of urea groups is 1. The second kappa shape index (κ2) is 8.52. The van der Waals surface area contributed by atoms with Gasteiger partial charge in [-0.25, -0.2) is 9.79 Å². The molecule has 4 unspecified atom stereocenters. The van der Waals surface area contributed by atoms with Crippen LogP contribution >= 0.6 is 11.8 Å². The van der Waals surface area contributed by atoms with Crippen molar-refractivity contribution in [1.29, 1.82) is 0 Å². The standard InChI is InChI=1S/C18H29N7O2S/c1-4-5-11-10(2)15(24-6-8-25(9-7-24)18(27)23-20)22-17-12(11)13(19)14(28-17)16(26)21-3/h10-12,17H,3-9,19-20H2,1-2H3,(H,23,27)/p+1. The summed E-state index contributed by atoms with van der Waals surface area (Å²) in [5.74, 6) is 4.77. The van der Waals surface area contributed by atoms with Crippen LogP contribution in [0, 0.1) is 17.8 Å². The number of quaternary nitrogens is 1. The molecule has 0 bridgehead atoms. The number of amidine groups is 1. The highest BCUT2D eigenvalue weighted by molar-refractivity contribution is 8.04. The average molecular weight is 409 g/mol. The van der Waals surface area contributed by atoms with Gasteiger partial charge in [-0.3, -0.25) is 15.6 Å². The number of fused-ring (bicyclic) bond motifs is 1. The molecule has 3 rings (SSSR count). The van der Waals surface area contributed by atoms with E-state index in [0.717, 1.165) is 31.8 Å². The first kappa shape index (κ1) is 20.7. The van der Waals surface area contributed by atoms with Gasteiger partial charge in [0.15, 0.2) is 0 Å². The molecular formula is C18H30N7O2S+. The number of nitrogens with zero attached hydrogens (tertiary/aromatic N) is 4. The number of nitrogens with two attached hydrogens (primary N) is 1. The van der Waals surface area contributed by atoms with Gasteiger partial charge in [0.05, 0.1) is 4.91 Å². The highest BCUT2D eigenvalue weighted by Gasteiger charge is 2.48. The van der Waals surface area contributed by atoms with Gasteiger partial charge in [0.2, 0.25) is 0 Å². The van der Waals surface area contributed by atoms with Crippen molar-refractivity contribution in [3.8, 4) is 0 Å². The minimum atomic E-state index is -0.357. The molecule has 1 saturated heterocycles. The van der Waals surface area contributed by atoms with Crippen LogP contribution in [-0.4, -0.2) is 65.8 Å². The van der Waals surface area contributed by atoms with Crippen LogP contribution < -0.4 is 17.0 Å². The fraction of sp³-hybridized carbons (Fsp3) is 0.667. The molecule has 3 amide bonds. The Bertz CT molecular complexity index is 715. The Morgan fingerprint density at radius 2 is 2.07 bits per heavy atom. The van der Waals surface area contributed by atoms with Gasteiger partial charge >= 0.3 is 6.03 Å². The number of hydrogen-bond acceptors (Lipinski definition) is 6. The predicted octanol–water partition coefficient (Wildman–Crippen LogP) is 0.0216. The van der Waals surface area contributed by atoms with Crippen molar-refractivity contribution in [1.82, 2.24) is 15.2 Å². The Morgan fingerprint density at radius 3 is 2.64 bits per heavy atom. The van der Waals surface area contributed by atoms with Crippen molar-refractivity contribution in [3.63, 3.8) is 0 Å². The molecule has 9 nitrogen and oxygen atoms in total. The molecule has 1 fully saturated rings. The van der Waals surface area contributed by atoms with Crippen LogP contribution in [0.1, 0.15) is 26.7 Å². The Kier molecular flexibility index (Phi) is 6.29. The molecule has 0 saturated carbocycles. The molecular weight excluding hydrogens is 378 g/mol. The summed E-state index contributed by atoms with van der Waals surface area (Å²) in [5, 5.41) is -0.0929. The van der Waals surface area contributed by atoms with E-state index in [1.807, 2.05) is 0 Å². The number of rotatable bonds is 3. The number of hydrogen-bond donors (Lipinski definition) is 3. The molecule has 10 heteroatoms. The van der Waals surface area contributed by atoms with E-state index in [-0.39, 0.29) is 29.1 Å². The fourth-order valence-electron chi connectivity index (χ4n) is 4.49. The van der Waals surface area contributed by atoms with Crippen molar-refractivity contribution in [2.45, 2.75) is 32.1 Å². The Balaban J connectivity index is 1.83. The normalized spacial score (nSPS) is 30.0. The summed E-state index contributed by atoms with van der Waals surface area (Å²) in [4.78, 5) is 37.1. The van der Waals surface area contributed by atoms with Gasteiger partial charge in [-0.1, -0.05) is 32.0 Å². The van der Waals surface area contributed by atoms with Crippen molar-refractivity contribution < 1.29 is 15.4 Å². The second-order valence-electron chi connectivity index (χ2n) is 7.47. The number of nitrogens with one attached hydrogen (secondary N) is 1. The third-order valence-corrected chi connectivity index (χ3v) is 7.23. The molecule has 154 valence electrons. The second-order valence-corrected chi connectivity index (χ2v) is 8.59. The van der Waals surface area contributed by atoms with E-state index in [4.69, 9.17) is 10.7 Å². The van der Waals surface area contributed by atoms with E-state index >= 15 is 0 Å². The van der Waals surface area contributed by atoms with Crippen molar-refractivity contribution in [2.75, 3.05) is 26.2 Å². The largest absolute Gasteiger partial charge is 0.401 e. The lowest BCUT2D eigenvalue weighted by molar-refractivity contribution is -0.424. The summed E-state index contributed by atoms with van der Waals surface area (Å²) in [6, 6.07) is -0.148. The van der Waals surface area contributed by atoms with Crippen molar-refractivity contribution in [3.05, 3.63) is 10.6 Å². The average Bonchev–Trinajstić information content (AvgIpc) is 3.05.